The summed E-state index contributed by atoms with van der Waals surface area (Å²) in [7, 11) is -1.79. The lowest BCUT2D eigenvalue weighted by Crippen LogP contribution is -2.29. The van der Waals surface area contributed by atoms with Gasteiger partial charge in [0.15, 0.2) is 0 Å². The van der Waals surface area contributed by atoms with Crippen molar-refractivity contribution in [1.82, 2.24) is 4.72 Å². The SMILES string of the molecule is CC[C@@H](NS(=O)(=O)Cc1ccc(C)cc1)c1ccc(OC)c(C)c1. The zero-order valence-corrected chi connectivity index (χ0v) is 15.5. The monoisotopic (exact) mass is 347 g/mol. The summed E-state index contributed by atoms with van der Waals surface area (Å²) in [6.07, 6.45) is 0.679. The molecule has 0 aliphatic heterocycles. The van der Waals surface area contributed by atoms with Crippen molar-refractivity contribution in [3.8, 4) is 5.75 Å². The largest absolute Gasteiger partial charge is 0.496 e. The van der Waals surface area contributed by atoms with E-state index in [1.807, 2.05) is 63.2 Å². The maximum absolute atomic E-state index is 12.5. The van der Waals surface area contributed by atoms with Crippen molar-refractivity contribution in [3.05, 3.63) is 64.7 Å². The van der Waals surface area contributed by atoms with Gasteiger partial charge in [-0.2, -0.15) is 0 Å². The molecule has 24 heavy (non-hydrogen) atoms. The molecule has 0 spiro atoms. The van der Waals surface area contributed by atoms with E-state index in [1.165, 1.54) is 0 Å². The summed E-state index contributed by atoms with van der Waals surface area (Å²) in [5.41, 5.74) is 3.84. The second kappa shape index (κ2) is 7.81. The molecule has 0 fully saturated rings. The van der Waals surface area contributed by atoms with Gasteiger partial charge in [-0.15, -0.1) is 0 Å². The number of nitrogens with one attached hydrogen (secondary N) is 1. The van der Waals surface area contributed by atoms with Gasteiger partial charge < -0.3 is 4.74 Å². The van der Waals surface area contributed by atoms with Crippen LogP contribution in [0, 0.1) is 13.8 Å². The van der Waals surface area contributed by atoms with E-state index in [4.69, 9.17) is 4.74 Å². The van der Waals surface area contributed by atoms with E-state index >= 15 is 0 Å². The maximum Gasteiger partial charge on any atom is 0.216 e. The Morgan fingerprint density at radius 1 is 1.08 bits per heavy atom. The predicted octanol–water partition coefficient (Wildman–Crippen LogP) is 3.88. The van der Waals surface area contributed by atoms with Crippen LogP contribution in [-0.2, 0) is 15.8 Å². The third kappa shape index (κ3) is 4.82. The van der Waals surface area contributed by atoms with Gasteiger partial charge in [-0.25, -0.2) is 13.1 Å². The molecule has 0 aromatic heterocycles. The molecule has 2 rings (SSSR count). The molecule has 0 amide bonds. The first-order valence-corrected chi connectivity index (χ1v) is 9.70. The molecule has 5 heteroatoms. The number of aryl methyl sites for hydroxylation is 2. The molecule has 1 atom stereocenters. The Morgan fingerprint density at radius 2 is 1.75 bits per heavy atom. The molecule has 0 aliphatic carbocycles. The van der Waals surface area contributed by atoms with Crippen LogP contribution in [0.25, 0.3) is 0 Å². The van der Waals surface area contributed by atoms with Crippen LogP contribution in [0.5, 0.6) is 5.75 Å². The van der Waals surface area contributed by atoms with Crippen molar-refractivity contribution in [2.24, 2.45) is 0 Å². The fourth-order valence-electron chi connectivity index (χ4n) is 2.67. The molecule has 130 valence electrons. The molecule has 0 unspecified atom stereocenters. The van der Waals surface area contributed by atoms with Crippen molar-refractivity contribution < 1.29 is 13.2 Å². The lowest BCUT2D eigenvalue weighted by Gasteiger charge is -2.19. The number of benzene rings is 2. The summed E-state index contributed by atoms with van der Waals surface area (Å²) in [6.45, 7) is 5.91. The zero-order valence-electron chi connectivity index (χ0n) is 14.7. The predicted molar refractivity (Wildman–Crippen MR) is 97.7 cm³/mol. The van der Waals surface area contributed by atoms with Gasteiger partial charge in [0.05, 0.1) is 12.9 Å². The van der Waals surface area contributed by atoms with E-state index in [0.717, 1.165) is 28.0 Å². The molecule has 2 aromatic carbocycles. The van der Waals surface area contributed by atoms with Crippen LogP contribution in [0.2, 0.25) is 0 Å². The molecular formula is C19H25NO3S. The van der Waals surface area contributed by atoms with E-state index in [9.17, 15) is 8.42 Å². The van der Waals surface area contributed by atoms with Gasteiger partial charge >= 0.3 is 0 Å². The Balaban J connectivity index is 2.16. The molecule has 0 bridgehead atoms. The van der Waals surface area contributed by atoms with Crippen molar-refractivity contribution in [3.63, 3.8) is 0 Å². The summed E-state index contributed by atoms with van der Waals surface area (Å²) in [5.74, 6) is 0.787. The first-order chi connectivity index (χ1) is 11.3. The minimum absolute atomic E-state index is 0.0150. The minimum atomic E-state index is -3.42. The van der Waals surface area contributed by atoms with Crippen molar-refractivity contribution in [1.29, 1.82) is 0 Å². The number of methoxy groups -OCH3 is 1. The summed E-state index contributed by atoms with van der Waals surface area (Å²) >= 11 is 0. The van der Waals surface area contributed by atoms with E-state index in [1.54, 1.807) is 7.11 Å². The molecular weight excluding hydrogens is 322 g/mol. The van der Waals surface area contributed by atoms with Crippen LogP contribution < -0.4 is 9.46 Å². The summed E-state index contributed by atoms with van der Waals surface area (Å²) in [5, 5.41) is 0. The average Bonchev–Trinajstić information content (AvgIpc) is 2.54. The van der Waals surface area contributed by atoms with Gasteiger partial charge in [-0.1, -0.05) is 48.9 Å². The maximum atomic E-state index is 12.5. The molecule has 0 saturated heterocycles. The summed E-state index contributed by atoms with van der Waals surface area (Å²) in [4.78, 5) is 0. The van der Waals surface area contributed by atoms with Crippen molar-refractivity contribution >= 4 is 10.0 Å². The molecule has 0 saturated carbocycles. The Labute approximate surface area is 144 Å². The summed E-state index contributed by atoms with van der Waals surface area (Å²) < 4.78 is 33.1. The van der Waals surface area contributed by atoms with Crippen LogP contribution in [0.3, 0.4) is 0 Å². The first-order valence-electron chi connectivity index (χ1n) is 8.04. The van der Waals surface area contributed by atoms with E-state index in [0.29, 0.717) is 6.42 Å². The highest BCUT2D eigenvalue weighted by Crippen LogP contribution is 2.25. The lowest BCUT2D eigenvalue weighted by molar-refractivity contribution is 0.411. The van der Waals surface area contributed by atoms with Crippen LogP contribution in [0.1, 0.15) is 41.6 Å². The highest BCUT2D eigenvalue weighted by Gasteiger charge is 2.19. The van der Waals surface area contributed by atoms with E-state index in [2.05, 4.69) is 4.72 Å². The van der Waals surface area contributed by atoms with Gasteiger partial charge in [0.2, 0.25) is 10.0 Å². The third-order valence-corrected chi connectivity index (χ3v) is 5.39. The van der Waals surface area contributed by atoms with Gasteiger partial charge in [-0.3, -0.25) is 0 Å². The number of sulfonamides is 1. The highest BCUT2D eigenvalue weighted by molar-refractivity contribution is 7.88. The number of hydrogen-bond acceptors (Lipinski definition) is 3. The lowest BCUT2D eigenvalue weighted by atomic mass is 10.0. The van der Waals surface area contributed by atoms with Gasteiger partial charge in [0.1, 0.15) is 5.75 Å². The minimum Gasteiger partial charge on any atom is -0.496 e. The normalized spacial score (nSPS) is 12.8. The highest BCUT2D eigenvalue weighted by atomic mass is 32.2. The fourth-order valence-corrected chi connectivity index (χ4v) is 4.12. The van der Waals surface area contributed by atoms with Crippen molar-refractivity contribution in [2.75, 3.05) is 7.11 Å². The van der Waals surface area contributed by atoms with E-state index in [-0.39, 0.29) is 11.8 Å². The van der Waals surface area contributed by atoms with Crippen LogP contribution in [0.4, 0.5) is 0 Å². The first kappa shape index (κ1) is 18.5. The Kier molecular flexibility index (Phi) is 6.02. The van der Waals surface area contributed by atoms with Gasteiger partial charge in [0, 0.05) is 6.04 Å². The molecule has 1 N–H and O–H groups in total. The Bertz CT molecular complexity index is 783. The Hall–Kier alpha value is -1.85. The number of ether oxygens (including phenoxy) is 1. The second-order valence-corrected chi connectivity index (χ2v) is 7.81. The van der Waals surface area contributed by atoms with Crippen LogP contribution >= 0.6 is 0 Å². The topological polar surface area (TPSA) is 55.4 Å². The molecule has 0 aliphatic rings. The summed E-state index contributed by atoms with van der Waals surface area (Å²) in [6, 6.07) is 13.1. The van der Waals surface area contributed by atoms with Gasteiger partial charge in [0.25, 0.3) is 0 Å². The third-order valence-electron chi connectivity index (χ3n) is 4.03. The average molecular weight is 347 g/mol. The number of rotatable bonds is 7. The molecule has 0 radical (unpaired) electrons. The van der Waals surface area contributed by atoms with Crippen LogP contribution in [0.15, 0.2) is 42.5 Å². The quantitative estimate of drug-likeness (QED) is 0.827. The van der Waals surface area contributed by atoms with Crippen molar-refractivity contribution in [2.45, 2.75) is 39.0 Å². The van der Waals surface area contributed by atoms with E-state index < -0.39 is 10.0 Å². The fraction of sp³-hybridized carbons (Fsp3) is 0.368. The van der Waals surface area contributed by atoms with Gasteiger partial charge in [-0.05, 0) is 43.0 Å². The molecule has 4 nitrogen and oxygen atoms in total. The Morgan fingerprint density at radius 3 is 2.29 bits per heavy atom. The number of hydrogen-bond donors (Lipinski definition) is 1. The second-order valence-electron chi connectivity index (χ2n) is 6.05. The standard InChI is InChI=1S/C19H25NO3S/c1-5-18(17-10-11-19(23-4)15(3)12-17)20-24(21,22)13-16-8-6-14(2)7-9-16/h6-12,18,20H,5,13H2,1-4H3/t18-/m1/s1. The van der Waals surface area contributed by atoms with Crippen LogP contribution in [-0.4, -0.2) is 15.5 Å². The molecule has 2 aromatic rings. The molecule has 0 heterocycles. The smallest absolute Gasteiger partial charge is 0.216 e. The zero-order chi connectivity index (χ0) is 17.7.